The topological polar surface area (TPSA) is 36.2 Å². The maximum atomic E-state index is 12.7. The predicted molar refractivity (Wildman–Crippen MR) is 91.8 cm³/mol. The zero-order chi connectivity index (χ0) is 16.6. The monoisotopic (exact) mass is 310 g/mol. The van der Waals surface area contributed by atoms with Gasteiger partial charge in [0.2, 0.25) is 0 Å². The van der Waals surface area contributed by atoms with Crippen molar-refractivity contribution in [1.29, 1.82) is 0 Å². The van der Waals surface area contributed by atoms with E-state index >= 15 is 0 Å². The van der Waals surface area contributed by atoms with Crippen molar-refractivity contribution in [2.24, 2.45) is 7.05 Å². The second-order valence-corrected chi connectivity index (χ2v) is 6.80. The number of hydrogen-bond donors (Lipinski definition) is 0. The minimum absolute atomic E-state index is 0.331. The molecule has 1 aromatic carbocycles. The fourth-order valence-electron chi connectivity index (χ4n) is 2.73. The highest BCUT2D eigenvalue weighted by Gasteiger charge is 2.22. The molecule has 0 saturated carbocycles. The van der Waals surface area contributed by atoms with Crippen molar-refractivity contribution in [2.75, 3.05) is 0 Å². The summed E-state index contributed by atoms with van der Waals surface area (Å²) in [7, 11) is 2.01. The molecule has 0 spiro atoms. The number of fused-ring (bicyclic) bond motifs is 1. The third-order valence-corrected chi connectivity index (χ3v) is 3.78. The van der Waals surface area contributed by atoms with Crippen molar-refractivity contribution in [3.8, 4) is 0 Å². The van der Waals surface area contributed by atoms with Crippen molar-refractivity contribution in [1.82, 2.24) is 9.13 Å². The van der Waals surface area contributed by atoms with Gasteiger partial charge in [-0.15, -0.1) is 0 Å². The van der Waals surface area contributed by atoms with Gasteiger partial charge in [-0.25, -0.2) is 9.36 Å². The SMILES string of the molecule is Cn1cccc1Cc1cc2ccccc2n1C(=O)OC(C)(C)C. The number of benzene rings is 1. The van der Waals surface area contributed by atoms with Crippen LogP contribution in [0.25, 0.3) is 10.9 Å². The number of ether oxygens (including phenoxy) is 1. The highest BCUT2D eigenvalue weighted by Crippen LogP contribution is 2.23. The largest absolute Gasteiger partial charge is 0.443 e. The van der Waals surface area contributed by atoms with Gasteiger partial charge in [0, 0.05) is 36.4 Å². The van der Waals surface area contributed by atoms with Crippen LogP contribution in [0.2, 0.25) is 0 Å². The number of carbonyl (C=O) groups is 1. The summed E-state index contributed by atoms with van der Waals surface area (Å²) in [6, 6.07) is 14.0. The normalized spacial score (nSPS) is 11.8. The fraction of sp³-hybridized carbons (Fsp3) is 0.316. The van der Waals surface area contributed by atoms with Crippen LogP contribution in [0.3, 0.4) is 0 Å². The van der Waals surface area contributed by atoms with E-state index in [0.29, 0.717) is 6.42 Å². The number of aromatic nitrogens is 2. The zero-order valence-corrected chi connectivity index (χ0v) is 14.0. The van der Waals surface area contributed by atoms with E-state index in [4.69, 9.17) is 4.74 Å². The van der Waals surface area contributed by atoms with Crippen LogP contribution in [0, 0.1) is 0 Å². The van der Waals surface area contributed by atoms with Crippen LogP contribution in [0.5, 0.6) is 0 Å². The first-order chi connectivity index (χ1) is 10.8. The first kappa shape index (κ1) is 15.4. The molecule has 0 saturated heterocycles. The molecule has 0 aliphatic carbocycles. The number of carbonyl (C=O) groups excluding carboxylic acids is 1. The third-order valence-electron chi connectivity index (χ3n) is 3.78. The summed E-state index contributed by atoms with van der Waals surface area (Å²) in [5.74, 6) is 0. The van der Waals surface area contributed by atoms with Gasteiger partial charge in [-0.2, -0.15) is 0 Å². The maximum absolute atomic E-state index is 12.7. The predicted octanol–water partition coefficient (Wildman–Crippen LogP) is 4.35. The fourth-order valence-corrected chi connectivity index (χ4v) is 2.73. The average molecular weight is 310 g/mol. The molecule has 0 aliphatic rings. The lowest BCUT2D eigenvalue weighted by Crippen LogP contribution is -2.28. The lowest BCUT2D eigenvalue weighted by molar-refractivity contribution is 0.0541. The quantitative estimate of drug-likeness (QED) is 0.705. The Balaban J connectivity index is 2.08. The highest BCUT2D eigenvalue weighted by molar-refractivity contribution is 5.91. The molecule has 3 rings (SSSR count). The Labute approximate surface area is 136 Å². The Bertz CT molecular complexity index is 850. The molecule has 0 unspecified atom stereocenters. The molecule has 2 heterocycles. The second kappa shape index (κ2) is 5.61. The number of nitrogens with zero attached hydrogens (tertiary/aromatic N) is 2. The van der Waals surface area contributed by atoms with Crippen molar-refractivity contribution < 1.29 is 9.53 Å². The molecule has 23 heavy (non-hydrogen) atoms. The minimum atomic E-state index is -0.523. The number of para-hydroxylation sites is 1. The molecule has 3 aromatic rings. The van der Waals surface area contributed by atoms with Gasteiger partial charge in [-0.05, 0) is 45.0 Å². The van der Waals surface area contributed by atoms with Crippen molar-refractivity contribution >= 4 is 17.0 Å². The summed E-state index contributed by atoms with van der Waals surface area (Å²) in [6.45, 7) is 5.65. The molecular weight excluding hydrogens is 288 g/mol. The Morgan fingerprint density at radius 1 is 1.09 bits per heavy atom. The van der Waals surface area contributed by atoms with Gasteiger partial charge in [0.1, 0.15) is 5.60 Å². The number of rotatable bonds is 2. The summed E-state index contributed by atoms with van der Waals surface area (Å²) < 4.78 is 9.35. The Hall–Kier alpha value is -2.49. The van der Waals surface area contributed by atoms with Crippen LogP contribution < -0.4 is 0 Å². The molecule has 0 fully saturated rings. The minimum Gasteiger partial charge on any atom is -0.443 e. The lowest BCUT2D eigenvalue weighted by atomic mass is 10.2. The van der Waals surface area contributed by atoms with Gasteiger partial charge < -0.3 is 9.30 Å². The van der Waals surface area contributed by atoms with Gasteiger partial charge in [0.05, 0.1) is 5.52 Å². The molecular formula is C19H22N2O2. The molecule has 4 heteroatoms. The molecule has 120 valence electrons. The van der Waals surface area contributed by atoms with Crippen LogP contribution in [0.4, 0.5) is 4.79 Å². The van der Waals surface area contributed by atoms with Gasteiger partial charge in [0.25, 0.3) is 0 Å². The van der Waals surface area contributed by atoms with E-state index in [9.17, 15) is 4.79 Å². The molecule has 0 bridgehead atoms. The van der Waals surface area contributed by atoms with Crippen molar-refractivity contribution in [3.05, 3.63) is 60.0 Å². The van der Waals surface area contributed by atoms with E-state index in [1.807, 2.05) is 64.3 Å². The van der Waals surface area contributed by atoms with E-state index in [1.54, 1.807) is 4.57 Å². The van der Waals surface area contributed by atoms with Crippen LogP contribution in [0.15, 0.2) is 48.7 Å². The number of aryl methyl sites for hydroxylation is 1. The van der Waals surface area contributed by atoms with E-state index in [0.717, 1.165) is 22.3 Å². The standard InChI is InChI=1S/C19H22N2O2/c1-19(2,3)23-18(22)21-16(13-15-9-7-11-20(15)4)12-14-8-5-6-10-17(14)21/h5-12H,13H2,1-4H3. The van der Waals surface area contributed by atoms with Crippen LogP contribution in [0.1, 0.15) is 32.2 Å². The average Bonchev–Trinajstić information content (AvgIpc) is 3.01. The first-order valence-corrected chi connectivity index (χ1v) is 7.78. The zero-order valence-electron chi connectivity index (χ0n) is 14.0. The van der Waals surface area contributed by atoms with Crippen LogP contribution in [-0.4, -0.2) is 20.8 Å². The summed E-state index contributed by atoms with van der Waals surface area (Å²) in [5.41, 5.74) is 2.44. The van der Waals surface area contributed by atoms with E-state index in [1.165, 1.54) is 0 Å². The van der Waals surface area contributed by atoms with Crippen LogP contribution in [-0.2, 0) is 18.2 Å². The van der Waals surface area contributed by atoms with Gasteiger partial charge in [-0.1, -0.05) is 18.2 Å². The van der Waals surface area contributed by atoms with Gasteiger partial charge in [0.15, 0.2) is 0 Å². The molecule has 4 nitrogen and oxygen atoms in total. The van der Waals surface area contributed by atoms with Gasteiger partial charge >= 0.3 is 6.09 Å². The second-order valence-electron chi connectivity index (χ2n) is 6.80. The van der Waals surface area contributed by atoms with Crippen molar-refractivity contribution in [3.63, 3.8) is 0 Å². The molecule has 2 aromatic heterocycles. The van der Waals surface area contributed by atoms with E-state index < -0.39 is 5.60 Å². The maximum Gasteiger partial charge on any atom is 0.419 e. The summed E-state index contributed by atoms with van der Waals surface area (Å²) >= 11 is 0. The Morgan fingerprint density at radius 2 is 1.83 bits per heavy atom. The molecule has 0 N–H and O–H groups in total. The summed E-state index contributed by atoms with van der Waals surface area (Å²) in [6.07, 6.45) is 2.36. The van der Waals surface area contributed by atoms with E-state index in [2.05, 4.69) is 16.7 Å². The first-order valence-electron chi connectivity index (χ1n) is 7.78. The highest BCUT2D eigenvalue weighted by atomic mass is 16.6. The molecule has 0 aliphatic heterocycles. The number of hydrogen-bond acceptors (Lipinski definition) is 2. The smallest absolute Gasteiger partial charge is 0.419 e. The van der Waals surface area contributed by atoms with Crippen LogP contribution >= 0.6 is 0 Å². The van der Waals surface area contributed by atoms with Crippen molar-refractivity contribution in [2.45, 2.75) is 32.8 Å². The Kier molecular flexibility index (Phi) is 3.76. The Morgan fingerprint density at radius 3 is 2.48 bits per heavy atom. The third kappa shape index (κ3) is 3.16. The molecule has 0 radical (unpaired) electrons. The molecule has 0 atom stereocenters. The lowest BCUT2D eigenvalue weighted by Gasteiger charge is -2.21. The van der Waals surface area contributed by atoms with Gasteiger partial charge in [-0.3, -0.25) is 0 Å². The molecule has 0 amide bonds. The summed E-state index contributed by atoms with van der Waals surface area (Å²) in [5, 5.41) is 1.04. The van der Waals surface area contributed by atoms with E-state index in [-0.39, 0.29) is 6.09 Å². The summed E-state index contributed by atoms with van der Waals surface area (Å²) in [4.78, 5) is 12.7.